The van der Waals surface area contributed by atoms with Crippen LogP contribution in [0.2, 0.25) is 0 Å². The molecule has 1 saturated heterocycles. The van der Waals surface area contributed by atoms with Gasteiger partial charge in [0.15, 0.2) is 0 Å². The lowest BCUT2D eigenvalue weighted by Crippen LogP contribution is -2.26. The number of likely N-dealkylation sites (N-methyl/N-ethyl adjacent to an activating group) is 1. The molecule has 1 atom stereocenters. The van der Waals surface area contributed by atoms with E-state index in [9.17, 15) is 9.59 Å². The number of esters is 1. The van der Waals surface area contributed by atoms with Gasteiger partial charge in [0.05, 0.1) is 13.0 Å². The van der Waals surface area contributed by atoms with Gasteiger partial charge in [0.2, 0.25) is 5.91 Å². The van der Waals surface area contributed by atoms with Crippen LogP contribution in [0, 0.1) is 5.92 Å². The maximum atomic E-state index is 12.0. The van der Waals surface area contributed by atoms with Crippen molar-refractivity contribution in [3.63, 3.8) is 0 Å². The number of carbonyl (C=O) groups is 2. The Bertz CT molecular complexity index is 542. The third-order valence-corrected chi connectivity index (χ3v) is 3.85. The van der Waals surface area contributed by atoms with E-state index in [4.69, 9.17) is 9.47 Å². The lowest BCUT2D eigenvalue weighted by molar-refractivity contribution is -0.145. The molecule has 0 saturated carbocycles. The predicted octanol–water partition coefficient (Wildman–Crippen LogP) is 1.15. The van der Waals surface area contributed by atoms with E-state index in [1.165, 1.54) is 7.11 Å². The number of ether oxygens (including phenoxy) is 2. The van der Waals surface area contributed by atoms with Crippen LogP contribution >= 0.6 is 0 Å². The zero-order valence-corrected chi connectivity index (χ0v) is 13.9. The minimum absolute atomic E-state index is 0.00768. The summed E-state index contributed by atoms with van der Waals surface area (Å²) in [7, 11) is 5.35. The molecule has 1 aromatic carbocycles. The molecule has 0 spiro atoms. The van der Waals surface area contributed by atoms with Gasteiger partial charge in [-0.2, -0.15) is 0 Å². The van der Waals surface area contributed by atoms with Gasteiger partial charge in [0, 0.05) is 26.1 Å². The molecule has 0 radical (unpaired) electrons. The molecule has 6 nitrogen and oxygen atoms in total. The molecule has 23 heavy (non-hydrogen) atoms. The van der Waals surface area contributed by atoms with Crippen LogP contribution in [0.1, 0.15) is 12.0 Å². The Morgan fingerprint density at radius 1 is 1.30 bits per heavy atom. The largest absolute Gasteiger partial charge is 0.492 e. The molecule has 1 unspecified atom stereocenters. The van der Waals surface area contributed by atoms with Crippen molar-refractivity contribution in [1.82, 2.24) is 9.80 Å². The lowest BCUT2D eigenvalue weighted by atomic mass is 10.1. The number of benzene rings is 1. The number of likely N-dealkylation sites (tertiary alicyclic amines) is 1. The first kappa shape index (κ1) is 17.3. The molecule has 0 N–H and O–H groups in total. The van der Waals surface area contributed by atoms with Crippen molar-refractivity contribution in [2.75, 3.05) is 40.9 Å². The summed E-state index contributed by atoms with van der Waals surface area (Å²) in [5.41, 5.74) is 1.02. The quantitative estimate of drug-likeness (QED) is 0.705. The molecule has 0 aromatic heterocycles. The Kier molecular flexibility index (Phi) is 5.98. The van der Waals surface area contributed by atoms with E-state index in [1.807, 2.05) is 38.4 Å². The van der Waals surface area contributed by atoms with E-state index < -0.39 is 0 Å². The van der Waals surface area contributed by atoms with Crippen molar-refractivity contribution in [2.45, 2.75) is 13.0 Å². The van der Waals surface area contributed by atoms with Gasteiger partial charge >= 0.3 is 5.97 Å². The van der Waals surface area contributed by atoms with Gasteiger partial charge in [-0.25, -0.2) is 0 Å². The number of methoxy groups -OCH3 is 1. The second-order valence-electron chi connectivity index (χ2n) is 5.99. The second kappa shape index (κ2) is 7.97. The molecule has 0 aliphatic carbocycles. The summed E-state index contributed by atoms with van der Waals surface area (Å²) in [4.78, 5) is 27.3. The van der Waals surface area contributed by atoms with E-state index in [2.05, 4.69) is 4.90 Å². The van der Waals surface area contributed by atoms with Crippen molar-refractivity contribution in [1.29, 1.82) is 0 Å². The van der Waals surface area contributed by atoms with E-state index >= 15 is 0 Å². The van der Waals surface area contributed by atoms with Gasteiger partial charge in [0.25, 0.3) is 0 Å². The second-order valence-corrected chi connectivity index (χ2v) is 5.99. The van der Waals surface area contributed by atoms with E-state index in [0.29, 0.717) is 19.7 Å². The Morgan fingerprint density at radius 2 is 2.00 bits per heavy atom. The van der Waals surface area contributed by atoms with Crippen molar-refractivity contribution in [2.24, 2.45) is 5.92 Å². The first-order valence-corrected chi connectivity index (χ1v) is 7.71. The molecule has 1 fully saturated rings. The Hall–Kier alpha value is -2.08. The van der Waals surface area contributed by atoms with Gasteiger partial charge in [0.1, 0.15) is 12.4 Å². The smallest absolute Gasteiger partial charge is 0.310 e. The van der Waals surface area contributed by atoms with Crippen molar-refractivity contribution in [3.8, 4) is 5.75 Å². The predicted molar refractivity (Wildman–Crippen MR) is 86.0 cm³/mol. The zero-order valence-electron chi connectivity index (χ0n) is 13.9. The van der Waals surface area contributed by atoms with Crippen LogP contribution in [0.4, 0.5) is 0 Å². The Morgan fingerprint density at radius 3 is 2.61 bits per heavy atom. The van der Waals surface area contributed by atoms with Crippen molar-refractivity contribution >= 4 is 11.9 Å². The SMILES string of the molecule is COC(=O)C1CC(=O)N(Cc2ccc(OCCN(C)C)cc2)C1. The summed E-state index contributed by atoms with van der Waals surface area (Å²) in [6.07, 6.45) is 0.235. The fraction of sp³-hybridized carbons (Fsp3) is 0.529. The Labute approximate surface area is 137 Å². The number of rotatable bonds is 7. The topological polar surface area (TPSA) is 59.1 Å². The molecular weight excluding hydrogens is 296 g/mol. The summed E-state index contributed by atoms with van der Waals surface area (Å²) in [5, 5.41) is 0. The van der Waals surface area contributed by atoms with Crippen LogP contribution in [0.25, 0.3) is 0 Å². The highest BCUT2D eigenvalue weighted by Crippen LogP contribution is 2.22. The molecular formula is C17H24N2O4. The number of nitrogens with zero attached hydrogens (tertiary/aromatic N) is 2. The minimum atomic E-state index is -0.346. The number of hydrogen-bond donors (Lipinski definition) is 0. The summed E-state index contributed by atoms with van der Waals surface area (Å²) >= 11 is 0. The minimum Gasteiger partial charge on any atom is -0.492 e. The summed E-state index contributed by atoms with van der Waals surface area (Å²) in [6, 6.07) is 7.71. The van der Waals surface area contributed by atoms with Gasteiger partial charge < -0.3 is 19.3 Å². The fourth-order valence-corrected chi connectivity index (χ4v) is 2.51. The Balaban J connectivity index is 1.86. The van der Waals surface area contributed by atoms with Crippen LogP contribution in [-0.4, -0.2) is 62.6 Å². The molecule has 1 aromatic rings. The highest BCUT2D eigenvalue weighted by atomic mass is 16.5. The zero-order chi connectivity index (χ0) is 16.8. The highest BCUT2D eigenvalue weighted by molar-refractivity contribution is 5.86. The third-order valence-electron chi connectivity index (χ3n) is 3.85. The maximum Gasteiger partial charge on any atom is 0.310 e. The highest BCUT2D eigenvalue weighted by Gasteiger charge is 2.34. The molecule has 1 amide bonds. The van der Waals surface area contributed by atoms with Crippen LogP contribution in [0.15, 0.2) is 24.3 Å². The van der Waals surface area contributed by atoms with Gasteiger partial charge in [-0.1, -0.05) is 12.1 Å². The van der Waals surface area contributed by atoms with Gasteiger partial charge in [-0.05, 0) is 31.8 Å². The van der Waals surface area contributed by atoms with E-state index in [-0.39, 0.29) is 24.2 Å². The first-order valence-electron chi connectivity index (χ1n) is 7.71. The van der Waals surface area contributed by atoms with Crippen molar-refractivity contribution < 1.29 is 19.1 Å². The summed E-state index contributed by atoms with van der Waals surface area (Å²) in [5.74, 6) is 0.147. The molecule has 0 bridgehead atoms. The fourth-order valence-electron chi connectivity index (χ4n) is 2.51. The first-order chi connectivity index (χ1) is 11.0. The molecule has 6 heteroatoms. The third kappa shape index (κ3) is 4.96. The number of carbonyl (C=O) groups excluding carboxylic acids is 2. The van der Waals surface area contributed by atoms with Crippen LogP contribution in [-0.2, 0) is 20.9 Å². The van der Waals surface area contributed by atoms with Crippen molar-refractivity contribution in [3.05, 3.63) is 29.8 Å². The molecule has 2 rings (SSSR count). The molecule has 126 valence electrons. The lowest BCUT2D eigenvalue weighted by Gasteiger charge is -2.17. The monoisotopic (exact) mass is 320 g/mol. The van der Waals surface area contributed by atoms with Gasteiger partial charge in [-0.3, -0.25) is 9.59 Å². The van der Waals surface area contributed by atoms with E-state index in [1.54, 1.807) is 4.90 Å². The molecule has 1 heterocycles. The maximum absolute atomic E-state index is 12.0. The van der Waals surface area contributed by atoms with Crippen LogP contribution in [0.5, 0.6) is 5.75 Å². The average molecular weight is 320 g/mol. The number of amides is 1. The summed E-state index contributed by atoms with van der Waals surface area (Å²) in [6.45, 7) is 2.42. The summed E-state index contributed by atoms with van der Waals surface area (Å²) < 4.78 is 10.4. The van der Waals surface area contributed by atoms with Crippen LogP contribution < -0.4 is 4.74 Å². The van der Waals surface area contributed by atoms with E-state index in [0.717, 1.165) is 17.9 Å². The average Bonchev–Trinajstić information content (AvgIpc) is 2.89. The molecule has 1 aliphatic heterocycles. The van der Waals surface area contributed by atoms with Gasteiger partial charge in [-0.15, -0.1) is 0 Å². The normalized spacial score (nSPS) is 17.7. The number of hydrogen-bond acceptors (Lipinski definition) is 5. The van der Waals surface area contributed by atoms with Crippen LogP contribution in [0.3, 0.4) is 0 Å². The standard InChI is InChI=1S/C17H24N2O4/c1-18(2)8-9-23-15-6-4-13(5-7-15)11-19-12-14(10-16(19)20)17(21)22-3/h4-7,14H,8-12H2,1-3H3. The molecule has 1 aliphatic rings.